The lowest BCUT2D eigenvalue weighted by Crippen LogP contribution is -2.57. The minimum absolute atomic E-state index is 0.0538. The van der Waals surface area contributed by atoms with Crippen molar-refractivity contribution in [2.45, 2.75) is 45.1 Å². The molecule has 37 heavy (non-hydrogen) atoms. The number of nitriles is 2. The summed E-state index contributed by atoms with van der Waals surface area (Å²) in [5.41, 5.74) is 5.37. The van der Waals surface area contributed by atoms with Crippen molar-refractivity contribution in [1.82, 2.24) is 20.6 Å². The second-order valence-electron chi connectivity index (χ2n) is 9.92. The monoisotopic (exact) mass is 503 g/mol. The van der Waals surface area contributed by atoms with E-state index < -0.39 is 23.8 Å². The summed E-state index contributed by atoms with van der Waals surface area (Å²) in [6.45, 7) is 4.76. The van der Waals surface area contributed by atoms with Gasteiger partial charge in [0.25, 0.3) is 0 Å². The van der Waals surface area contributed by atoms with Gasteiger partial charge in [-0.3, -0.25) is 14.8 Å². The summed E-state index contributed by atoms with van der Waals surface area (Å²) >= 11 is 0. The van der Waals surface area contributed by atoms with Gasteiger partial charge in [-0.2, -0.15) is 10.5 Å². The Hall–Kier alpha value is -3.73. The molecule has 4 rings (SSSR count). The predicted octanol–water partition coefficient (Wildman–Crippen LogP) is 1.95. The van der Waals surface area contributed by atoms with Crippen molar-refractivity contribution < 1.29 is 14.8 Å². The fraction of sp³-hybridized carbons (Fsp3) is 0.519. The minimum atomic E-state index is -0.771. The molecule has 10 heteroatoms. The van der Waals surface area contributed by atoms with Crippen molar-refractivity contribution in [3.63, 3.8) is 0 Å². The zero-order valence-corrected chi connectivity index (χ0v) is 21.1. The Morgan fingerprint density at radius 2 is 1.92 bits per heavy atom. The van der Waals surface area contributed by atoms with Gasteiger partial charge in [0.15, 0.2) is 5.78 Å². The molecule has 0 spiro atoms. The van der Waals surface area contributed by atoms with Crippen LogP contribution in [0.3, 0.4) is 0 Å². The average Bonchev–Trinajstić information content (AvgIpc) is 2.95. The van der Waals surface area contributed by atoms with Crippen LogP contribution in [0.4, 0.5) is 0 Å². The Morgan fingerprint density at radius 3 is 2.59 bits per heavy atom. The third kappa shape index (κ3) is 5.82. The molecule has 1 amide bonds. The number of hydrogen-bond acceptors (Lipinski definition) is 7. The summed E-state index contributed by atoms with van der Waals surface area (Å²) < 4.78 is 0. The predicted molar refractivity (Wildman–Crippen MR) is 137 cm³/mol. The molecule has 0 bridgehead atoms. The molecule has 3 aliphatic heterocycles. The van der Waals surface area contributed by atoms with Gasteiger partial charge < -0.3 is 15.1 Å². The number of ketones is 1. The maximum atomic E-state index is 13.7. The molecule has 1 aromatic rings. The first-order valence-electron chi connectivity index (χ1n) is 12.8. The number of rotatable bonds is 4. The molecule has 3 unspecified atom stereocenters. The smallest absolute Gasteiger partial charge is 0.248 e. The zero-order chi connectivity index (χ0) is 26.4. The highest BCUT2D eigenvalue weighted by molar-refractivity contribution is 5.94. The molecule has 0 radical (unpaired) electrons. The van der Waals surface area contributed by atoms with Gasteiger partial charge in [0, 0.05) is 38.6 Å². The van der Waals surface area contributed by atoms with Crippen LogP contribution in [-0.4, -0.2) is 71.4 Å². The van der Waals surface area contributed by atoms with Gasteiger partial charge in [0.05, 0.1) is 23.6 Å². The number of aryl methyl sites for hydroxylation is 1. The molecule has 0 saturated carbocycles. The van der Waals surface area contributed by atoms with Crippen LogP contribution in [0, 0.1) is 41.5 Å². The molecule has 0 aromatic heterocycles. The van der Waals surface area contributed by atoms with Crippen molar-refractivity contribution in [2.75, 3.05) is 32.7 Å². The Morgan fingerprint density at radius 1 is 1.14 bits per heavy atom. The quantitative estimate of drug-likeness (QED) is 0.186. The second-order valence-corrected chi connectivity index (χ2v) is 9.92. The number of benzene rings is 1. The first-order valence-corrected chi connectivity index (χ1v) is 12.8. The van der Waals surface area contributed by atoms with Crippen molar-refractivity contribution >= 4 is 23.2 Å². The Bertz CT molecular complexity index is 1170. The van der Waals surface area contributed by atoms with Crippen molar-refractivity contribution in [2.24, 2.45) is 16.8 Å². The summed E-state index contributed by atoms with van der Waals surface area (Å²) in [7, 11) is 0. The molecule has 2 fully saturated rings. The van der Waals surface area contributed by atoms with Crippen LogP contribution in [-0.2, 0) is 9.59 Å². The molecule has 3 N–H and O–H groups in total. The summed E-state index contributed by atoms with van der Waals surface area (Å²) in [6.07, 6.45) is 8.01. The molecule has 10 nitrogen and oxygen atoms in total. The SMILES string of the molecule is Cc1cc(C#N)ccc1C1=CCNC(C(=O)C2CCN(C(=NC#N)N3CCCCC3)CC2C(=O)NO)C1. The van der Waals surface area contributed by atoms with E-state index in [0.717, 1.165) is 49.1 Å². The number of guanidine groups is 1. The number of carbonyl (C=O) groups excluding carboxylic acids is 2. The first-order chi connectivity index (χ1) is 18.0. The third-order valence-corrected chi connectivity index (χ3v) is 7.68. The van der Waals surface area contributed by atoms with E-state index in [4.69, 9.17) is 0 Å². The molecular formula is C27H33N7O3. The first kappa shape index (κ1) is 26.3. The van der Waals surface area contributed by atoms with E-state index in [1.54, 1.807) is 11.5 Å². The van der Waals surface area contributed by atoms with Gasteiger partial charge in [-0.05, 0) is 67.9 Å². The maximum Gasteiger partial charge on any atom is 0.248 e. The summed E-state index contributed by atoms with van der Waals surface area (Å²) in [4.78, 5) is 34.5. The van der Waals surface area contributed by atoms with Crippen molar-refractivity contribution in [3.8, 4) is 12.3 Å². The molecule has 1 aromatic carbocycles. The normalized spacial score (nSPS) is 24.5. The third-order valence-electron chi connectivity index (χ3n) is 7.68. The molecule has 0 aliphatic carbocycles. The summed E-state index contributed by atoms with van der Waals surface area (Å²) in [5, 5.41) is 31.2. The van der Waals surface area contributed by atoms with E-state index in [1.165, 1.54) is 0 Å². The number of nitrogens with zero attached hydrogens (tertiary/aromatic N) is 5. The van der Waals surface area contributed by atoms with Crippen LogP contribution < -0.4 is 10.8 Å². The standard InChI is InChI=1S/C27H33N7O3/c1-18-13-19(15-28)5-6-21(18)20-7-9-30-24(14-20)25(35)22-8-12-34(16-23(22)26(36)32-37)27(31-17-29)33-10-3-2-4-11-33/h5-7,13,22-24,30,37H,2-4,8-12,14,16H2,1H3,(H,32,36). The van der Waals surface area contributed by atoms with E-state index in [9.17, 15) is 25.3 Å². The number of hydroxylamine groups is 1. The number of likely N-dealkylation sites (tertiary alicyclic amines) is 2. The number of amides is 1. The Kier molecular flexibility index (Phi) is 8.54. The lowest BCUT2D eigenvalue weighted by Gasteiger charge is -2.42. The highest BCUT2D eigenvalue weighted by Gasteiger charge is 2.42. The van der Waals surface area contributed by atoms with Gasteiger partial charge in [0.2, 0.25) is 18.1 Å². The van der Waals surface area contributed by atoms with E-state index in [0.29, 0.717) is 37.5 Å². The van der Waals surface area contributed by atoms with E-state index in [1.807, 2.05) is 30.1 Å². The second kappa shape index (κ2) is 12.0. The summed E-state index contributed by atoms with van der Waals surface area (Å²) in [6, 6.07) is 7.23. The highest BCUT2D eigenvalue weighted by Crippen LogP contribution is 2.32. The van der Waals surface area contributed by atoms with E-state index >= 15 is 0 Å². The number of aliphatic imine (C=N–C) groups is 1. The molecule has 3 atom stereocenters. The van der Waals surface area contributed by atoms with Crippen LogP contribution in [0.2, 0.25) is 0 Å². The van der Waals surface area contributed by atoms with Gasteiger partial charge in [-0.1, -0.05) is 12.1 Å². The number of nitrogens with one attached hydrogen (secondary N) is 2. The molecule has 3 heterocycles. The van der Waals surface area contributed by atoms with Crippen LogP contribution in [0.15, 0.2) is 29.3 Å². The number of piperidine rings is 2. The van der Waals surface area contributed by atoms with Gasteiger partial charge in [0.1, 0.15) is 0 Å². The number of carbonyl (C=O) groups is 2. The Labute approximate surface area is 217 Å². The fourth-order valence-corrected chi connectivity index (χ4v) is 5.78. The van der Waals surface area contributed by atoms with Crippen molar-refractivity contribution in [1.29, 1.82) is 10.5 Å². The molecular weight excluding hydrogens is 470 g/mol. The number of Topliss-reactive ketones (excluding diaryl/α,β-unsaturated/α-hetero) is 1. The average molecular weight is 504 g/mol. The Balaban J connectivity index is 1.51. The topological polar surface area (TPSA) is 145 Å². The highest BCUT2D eigenvalue weighted by atomic mass is 16.5. The fourth-order valence-electron chi connectivity index (χ4n) is 5.78. The van der Waals surface area contributed by atoms with E-state index in [-0.39, 0.29) is 12.3 Å². The van der Waals surface area contributed by atoms with Gasteiger partial charge in [-0.15, -0.1) is 4.99 Å². The molecule has 2 saturated heterocycles. The lowest BCUT2D eigenvalue weighted by atomic mass is 9.77. The molecule has 194 valence electrons. The minimum Gasteiger partial charge on any atom is -0.342 e. The summed E-state index contributed by atoms with van der Waals surface area (Å²) in [5.74, 6) is -1.46. The number of hydrogen-bond donors (Lipinski definition) is 3. The van der Waals surface area contributed by atoms with Crippen molar-refractivity contribution in [3.05, 3.63) is 41.0 Å². The van der Waals surface area contributed by atoms with Gasteiger partial charge >= 0.3 is 0 Å². The van der Waals surface area contributed by atoms with Gasteiger partial charge in [-0.25, -0.2) is 5.48 Å². The van der Waals surface area contributed by atoms with Crippen LogP contribution in [0.25, 0.3) is 5.57 Å². The molecule has 3 aliphatic rings. The lowest BCUT2D eigenvalue weighted by molar-refractivity contribution is -0.142. The van der Waals surface area contributed by atoms with E-state index in [2.05, 4.69) is 27.4 Å². The van der Waals surface area contributed by atoms with Crippen LogP contribution in [0.5, 0.6) is 0 Å². The maximum absolute atomic E-state index is 13.7. The van der Waals surface area contributed by atoms with Crippen LogP contribution >= 0.6 is 0 Å². The zero-order valence-electron chi connectivity index (χ0n) is 21.1. The largest absolute Gasteiger partial charge is 0.342 e. The van der Waals surface area contributed by atoms with Crippen LogP contribution in [0.1, 0.15) is 48.8 Å².